The zero-order valence-corrected chi connectivity index (χ0v) is 23.3. The number of carbonyl (C=O) groups is 1. The van der Waals surface area contributed by atoms with Gasteiger partial charge in [0.25, 0.3) is 0 Å². The largest absolute Gasteiger partial charge is 0.464 e. The smallest absolute Gasteiger partial charge is 0.333 e. The van der Waals surface area contributed by atoms with Gasteiger partial charge in [-0.3, -0.25) is 0 Å². The van der Waals surface area contributed by atoms with Crippen molar-refractivity contribution < 1.29 is 9.53 Å². The monoisotopic (exact) mass is 517 g/mol. The summed E-state index contributed by atoms with van der Waals surface area (Å²) in [6.07, 6.45) is 10.5. The Morgan fingerprint density at radius 2 is 1.30 bits per heavy atom. The zero-order valence-electron chi connectivity index (χ0n) is 22.5. The highest BCUT2D eigenvalue weighted by molar-refractivity contribution is 7.99. The predicted molar refractivity (Wildman–Crippen MR) is 158 cm³/mol. The molecule has 0 spiro atoms. The van der Waals surface area contributed by atoms with Crippen LogP contribution in [0.15, 0.2) is 95.9 Å². The van der Waals surface area contributed by atoms with Gasteiger partial charge in [0.05, 0.1) is 11.9 Å². The van der Waals surface area contributed by atoms with E-state index in [-0.39, 0.29) is 11.2 Å². The molecule has 0 aliphatic carbocycles. The number of carbonyl (C=O) groups excluding carboxylic acids is 1. The minimum absolute atomic E-state index is 0.167. The third kappa shape index (κ3) is 8.96. The van der Waals surface area contributed by atoms with Crippen LogP contribution in [-0.2, 0) is 9.53 Å². The van der Waals surface area contributed by atoms with Crippen LogP contribution in [0.2, 0.25) is 0 Å². The van der Waals surface area contributed by atoms with E-state index >= 15 is 0 Å². The van der Waals surface area contributed by atoms with Crippen LogP contribution in [0.5, 0.6) is 0 Å². The molecular weight excluding hydrogens is 474 g/mol. The fourth-order valence-corrected chi connectivity index (χ4v) is 6.17. The van der Waals surface area contributed by atoms with Crippen LogP contribution in [0.25, 0.3) is 0 Å². The fourth-order valence-electron chi connectivity index (χ4n) is 4.81. The quantitative estimate of drug-likeness (QED) is 0.110. The first-order valence-electron chi connectivity index (χ1n) is 14.0. The fraction of sp³-hybridized carbons (Fsp3) is 0.424. The predicted octanol–water partition coefficient (Wildman–Crippen LogP) is 9.46. The van der Waals surface area contributed by atoms with Gasteiger partial charge in [0.1, 0.15) is 0 Å². The second-order valence-corrected chi connectivity index (χ2v) is 10.8. The average molecular weight is 518 g/mol. The molecule has 37 heavy (non-hydrogen) atoms. The number of anilines is 1. The summed E-state index contributed by atoms with van der Waals surface area (Å²) in [4.78, 5) is 15.1. The van der Waals surface area contributed by atoms with Gasteiger partial charge < -0.3 is 10.1 Å². The van der Waals surface area contributed by atoms with Gasteiger partial charge in [-0.25, -0.2) is 4.79 Å². The summed E-state index contributed by atoms with van der Waals surface area (Å²) in [6.45, 7) is 4.50. The first-order chi connectivity index (χ1) is 18.2. The van der Waals surface area contributed by atoms with E-state index < -0.39 is 5.54 Å². The van der Waals surface area contributed by atoms with Crippen LogP contribution in [0, 0.1) is 0 Å². The number of hydrogen-bond acceptors (Lipinski definition) is 4. The van der Waals surface area contributed by atoms with Gasteiger partial charge in [-0.1, -0.05) is 125 Å². The molecule has 0 saturated carbocycles. The molecule has 2 atom stereocenters. The van der Waals surface area contributed by atoms with Gasteiger partial charge in [0.2, 0.25) is 0 Å². The molecule has 0 bridgehead atoms. The molecule has 0 saturated heterocycles. The molecule has 0 aliphatic heterocycles. The first-order valence-corrected chi connectivity index (χ1v) is 14.8. The van der Waals surface area contributed by atoms with E-state index in [0.29, 0.717) is 13.0 Å². The zero-order chi connectivity index (χ0) is 26.2. The molecule has 0 aromatic heterocycles. The summed E-state index contributed by atoms with van der Waals surface area (Å²) in [5.74, 6) is -0.181. The van der Waals surface area contributed by atoms with E-state index in [0.717, 1.165) is 29.0 Å². The highest BCUT2D eigenvalue weighted by Gasteiger charge is 2.48. The van der Waals surface area contributed by atoms with Crippen LogP contribution < -0.4 is 5.32 Å². The van der Waals surface area contributed by atoms with E-state index in [1.165, 1.54) is 38.5 Å². The Bertz CT molecular complexity index is 1010. The van der Waals surface area contributed by atoms with Gasteiger partial charge in [0, 0.05) is 10.6 Å². The summed E-state index contributed by atoms with van der Waals surface area (Å²) in [6, 6.07) is 30.9. The Kier molecular flexibility index (Phi) is 12.6. The van der Waals surface area contributed by atoms with E-state index in [1.807, 2.05) is 49.4 Å². The van der Waals surface area contributed by atoms with Crippen LogP contribution >= 0.6 is 11.8 Å². The number of rotatable bonds is 17. The van der Waals surface area contributed by atoms with Gasteiger partial charge in [0.15, 0.2) is 5.54 Å². The summed E-state index contributed by atoms with van der Waals surface area (Å²) in [7, 11) is 0. The standard InChI is InChI=1S/C33H43NO2S/c1-3-5-6-7-8-9-10-20-27-33(32(35)36-4-2,34-29-23-16-12-17-24-29)31(28-21-14-11-15-22-28)37-30-25-18-13-19-26-30/h11-19,21-26,31,34H,3-10,20,27H2,1-2H3/t31-,33-/m0/s1. The molecule has 0 heterocycles. The van der Waals surface area contributed by atoms with Crippen LogP contribution in [0.4, 0.5) is 5.69 Å². The van der Waals surface area contributed by atoms with Crippen molar-refractivity contribution in [3.05, 3.63) is 96.6 Å². The Morgan fingerprint density at radius 3 is 1.89 bits per heavy atom. The van der Waals surface area contributed by atoms with Crippen molar-refractivity contribution in [2.45, 2.75) is 87.3 Å². The minimum atomic E-state index is -0.915. The SMILES string of the molecule is CCCCCCCCCC[C@@](Nc1ccccc1)(C(=O)OCC)[C@@H](Sc1ccccc1)c1ccccc1. The van der Waals surface area contributed by atoms with E-state index in [4.69, 9.17) is 4.74 Å². The molecule has 0 unspecified atom stereocenters. The number of unbranched alkanes of at least 4 members (excludes halogenated alkanes) is 7. The van der Waals surface area contributed by atoms with Gasteiger partial charge in [-0.15, -0.1) is 11.8 Å². The van der Waals surface area contributed by atoms with Crippen LogP contribution in [-0.4, -0.2) is 18.1 Å². The third-order valence-electron chi connectivity index (χ3n) is 6.75. The van der Waals surface area contributed by atoms with E-state index in [2.05, 4.69) is 60.8 Å². The number of benzene rings is 3. The highest BCUT2D eigenvalue weighted by atomic mass is 32.2. The third-order valence-corrected chi connectivity index (χ3v) is 8.21. The number of hydrogen-bond donors (Lipinski definition) is 1. The summed E-state index contributed by atoms with van der Waals surface area (Å²) < 4.78 is 5.83. The number of nitrogens with one attached hydrogen (secondary N) is 1. The van der Waals surface area contributed by atoms with E-state index in [1.54, 1.807) is 11.8 Å². The normalized spacial score (nSPS) is 13.5. The van der Waals surface area contributed by atoms with Crippen molar-refractivity contribution >= 4 is 23.4 Å². The van der Waals surface area contributed by atoms with Crippen molar-refractivity contribution in [1.82, 2.24) is 0 Å². The number of esters is 1. The van der Waals surface area contributed by atoms with Crippen molar-refractivity contribution in [3.63, 3.8) is 0 Å². The topological polar surface area (TPSA) is 38.3 Å². The summed E-state index contributed by atoms with van der Waals surface area (Å²) in [5, 5.41) is 3.55. The van der Waals surface area contributed by atoms with Crippen LogP contribution in [0.3, 0.4) is 0 Å². The lowest BCUT2D eigenvalue weighted by atomic mass is 9.84. The van der Waals surface area contributed by atoms with Gasteiger partial charge in [-0.2, -0.15) is 0 Å². The van der Waals surface area contributed by atoms with Crippen LogP contribution in [0.1, 0.15) is 82.4 Å². The minimum Gasteiger partial charge on any atom is -0.464 e. The molecule has 0 amide bonds. The molecule has 3 aromatic rings. The second kappa shape index (κ2) is 16.2. The van der Waals surface area contributed by atoms with E-state index in [9.17, 15) is 4.79 Å². The molecule has 0 fully saturated rings. The molecule has 198 valence electrons. The lowest BCUT2D eigenvalue weighted by Crippen LogP contribution is -2.51. The van der Waals surface area contributed by atoms with Gasteiger partial charge >= 0.3 is 5.97 Å². The second-order valence-electron chi connectivity index (χ2n) is 9.63. The molecule has 0 radical (unpaired) electrons. The molecule has 3 rings (SSSR count). The Balaban J connectivity index is 1.95. The lowest BCUT2D eigenvalue weighted by Gasteiger charge is -2.40. The lowest BCUT2D eigenvalue weighted by molar-refractivity contribution is -0.149. The number of para-hydroxylation sites is 1. The van der Waals surface area contributed by atoms with Crippen molar-refractivity contribution in [3.8, 4) is 0 Å². The molecule has 3 nitrogen and oxygen atoms in total. The summed E-state index contributed by atoms with van der Waals surface area (Å²) in [5.41, 5.74) is 1.14. The molecule has 4 heteroatoms. The number of thioether (sulfide) groups is 1. The highest BCUT2D eigenvalue weighted by Crippen LogP contribution is 2.47. The first kappa shape index (κ1) is 28.8. The maximum atomic E-state index is 14.0. The Morgan fingerprint density at radius 1 is 0.757 bits per heavy atom. The average Bonchev–Trinajstić information content (AvgIpc) is 2.94. The maximum Gasteiger partial charge on any atom is 0.333 e. The van der Waals surface area contributed by atoms with Crippen molar-refractivity contribution in [2.24, 2.45) is 0 Å². The summed E-state index contributed by atoms with van der Waals surface area (Å²) >= 11 is 1.74. The Hall–Kier alpha value is -2.72. The van der Waals surface area contributed by atoms with Gasteiger partial charge in [-0.05, 0) is 43.2 Å². The molecule has 3 aromatic carbocycles. The Labute approximate surface area is 228 Å². The molecule has 1 N–H and O–H groups in total. The van der Waals surface area contributed by atoms with Crippen molar-refractivity contribution in [2.75, 3.05) is 11.9 Å². The maximum absolute atomic E-state index is 14.0. The molecular formula is C33H43NO2S. The molecule has 0 aliphatic rings. The number of ether oxygens (including phenoxy) is 1. The van der Waals surface area contributed by atoms with Crippen molar-refractivity contribution in [1.29, 1.82) is 0 Å².